The zero-order valence-corrected chi connectivity index (χ0v) is 18.0. The number of carbonyl (C=O) groups excluding carboxylic acids is 1. The molecule has 29 heavy (non-hydrogen) atoms. The van der Waals surface area contributed by atoms with E-state index in [4.69, 9.17) is 4.74 Å². The zero-order valence-electron chi connectivity index (χ0n) is 16.4. The number of thioether (sulfide) groups is 1. The first-order valence-electron chi connectivity index (χ1n) is 9.28. The Labute approximate surface area is 179 Å². The summed E-state index contributed by atoms with van der Waals surface area (Å²) < 4.78 is 5.42. The molecule has 0 saturated heterocycles. The van der Waals surface area contributed by atoms with Crippen molar-refractivity contribution >= 4 is 34.8 Å². The minimum absolute atomic E-state index is 0.268. The molecule has 2 aromatic rings. The smallest absolute Gasteiger partial charge is 0.337 e. The molecule has 2 heterocycles. The van der Waals surface area contributed by atoms with E-state index >= 15 is 0 Å². The molecule has 1 N–H and O–H groups in total. The largest absolute Gasteiger partial charge is 0.463 e. The summed E-state index contributed by atoms with van der Waals surface area (Å²) in [5.74, 6) is -0.222. The number of ether oxygens (including phenoxy) is 1. The number of allylic oxidation sites excluding steroid dienone is 1. The number of dihydropyridines is 1. The van der Waals surface area contributed by atoms with Crippen LogP contribution in [0.5, 0.6) is 0 Å². The Bertz CT molecular complexity index is 1010. The molecule has 0 radical (unpaired) electrons. The van der Waals surface area contributed by atoms with Gasteiger partial charge in [-0.3, -0.25) is 0 Å². The van der Waals surface area contributed by atoms with Crippen molar-refractivity contribution in [1.29, 1.82) is 5.26 Å². The first-order valence-corrected chi connectivity index (χ1v) is 11.1. The van der Waals surface area contributed by atoms with Gasteiger partial charge in [-0.05, 0) is 36.4 Å². The molecule has 0 saturated carbocycles. The maximum Gasteiger partial charge on any atom is 0.337 e. The van der Waals surface area contributed by atoms with Gasteiger partial charge >= 0.3 is 5.97 Å². The lowest BCUT2D eigenvalue weighted by Gasteiger charge is -2.30. The monoisotopic (exact) mass is 422 g/mol. The molecule has 0 fully saturated rings. The highest BCUT2D eigenvalue weighted by molar-refractivity contribution is 8.03. The van der Waals surface area contributed by atoms with Crippen molar-refractivity contribution in [3.8, 4) is 6.07 Å². The van der Waals surface area contributed by atoms with Gasteiger partial charge in [0.05, 0.1) is 40.5 Å². The van der Waals surface area contributed by atoms with Gasteiger partial charge in [0.1, 0.15) is 0 Å². The van der Waals surface area contributed by atoms with Crippen molar-refractivity contribution in [3.05, 3.63) is 86.6 Å². The molecule has 4 nitrogen and oxygen atoms in total. The predicted octanol–water partition coefficient (Wildman–Crippen LogP) is 5.37. The molecule has 0 bridgehead atoms. The fraction of sp³-hybridized carbons (Fsp3) is 0.217. The fourth-order valence-electron chi connectivity index (χ4n) is 3.24. The lowest BCUT2D eigenvalue weighted by atomic mass is 9.84. The van der Waals surface area contributed by atoms with Crippen LogP contribution in [-0.2, 0) is 9.53 Å². The average molecular weight is 423 g/mol. The number of hydrogen-bond acceptors (Lipinski definition) is 6. The normalized spacial score (nSPS) is 16.2. The lowest BCUT2D eigenvalue weighted by Crippen LogP contribution is -2.29. The summed E-state index contributed by atoms with van der Waals surface area (Å²) in [7, 11) is 0. The van der Waals surface area contributed by atoms with Crippen molar-refractivity contribution in [1.82, 2.24) is 5.32 Å². The van der Waals surface area contributed by atoms with Gasteiger partial charge in [0.2, 0.25) is 0 Å². The Hall–Kier alpha value is -2.75. The highest BCUT2D eigenvalue weighted by atomic mass is 32.2. The van der Waals surface area contributed by atoms with E-state index in [1.165, 1.54) is 11.8 Å². The van der Waals surface area contributed by atoms with Gasteiger partial charge in [-0.25, -0.2) is 4.79 Å². The molecule has 6 heteroatoms. The molecule has 1 aliphatic rings. The van der Waals surface area contributed by atoms with Crippen LogP contribution in [0.2, 0.25) is 0 Å². The molecule has 1 aliphatic heterocycles. The number of nitrogens with one attached hydrogen (secondary N) is 1. The molecule has 0 amide bonds. The first kappa shape index (κ1) is 21.0. The van der Waals surface area contributed by atoms with Gasteiger partial charge in [-0.2, -0.15) is 5.26 Å². The van der Waals surface area contributed by atoms with E-state index < -0.39 is 11.9 Å². The average Bonchev–Trinajstić information content (AvgIpc) is 3.17. The van der Waals surface area contributed by atoms with Crippen LogP contribution in [0, 0.1) is 18.3 Å². The molecular weight excluding hydrogens is 400 g/mol. The summed E-state index contributed by atoms with van der Waals surface area (Å²) in [5.41, 5.74) is 3.63. The third kappa shape index (κ3) is 4.31. The maximum absolute atomic E-state index is 13.1. The van der Waals surface area contributed by atoms with Crippen LogP contribution in [0.3, 0.4) is 0 Å². The molecule has 0 spiro atoms. The summed E-state index contributed by atoms with van der Waals surface area (Å²) in [6, 6.07) is 14.1. The van der Waals surface area contributed by atoms with E-state index in [9.17, 15) is 10.1 Å². The summed E-state index contributed by atoms with van der Waals surface area (Å²) in [6.07, 6.45) is 1.80. The molecule has 3 rings (SSSR count). The second-order valence-electron chi connectivity index (χ2n) is 6.36. The third-order valence-electron chi connectivity index (χ3n) is 4.52. The van der Waals surface area contributed by atoms with E-state index in [0.717, 1.165) is 21.0 Å². The van der Waals surface area contributed by atoms with Crippen LogP contribution in [0.25, 0.3) is 5.70 Å². The quantitative estimate of drug-likeness (QED) is 0.480. The summed E-state index contributed by atoms with van der Waals surface area (Å²) in [6.45, 7) is 7.84. The molecule has 0 unspecified atom stereocenters. The van der Waals surface area contributed by atoms with Gasteiger partial charge < -0.3 is 10.1 Å². The summed E-state index contributed by atoms with van der Waals surface area (Å²) in [4.78, 5) is 14.1. The molecule has 1 atom stereocenters. The Morgan fingerprint density at radius 3 is 2.72 bits per heavy atom. The Balaban J connectivity index is 2.28. The third-order valence-corrected chi connectivity index (χ3v) is 6.61. The Morgan fingerprint density at radius 2 is 2.14 bits per heavy atom. The predicted molar refractivity (Wildman–Crippen MR) is 120 cm³/mol. The van der Waals surface area contributed by atoms with Crippen LogP contribution in [0.1, 0.15) is 28.8 Å². The fourth-order valence-corrected chi connectivity index (χ4v) is 5.07. The number of nitrogens with zero attached hydrogens (tertiary/aromatic N) is 1. The standard InChI is InChI=1S/C23H22N2O2S2/c1-4-12-29-22-17(14-24)18(21-15(3)11-13-28-21)19(23(26)27-5-2)20(25-22)16-9-7-6-8-10-16/h4,6-11,13,18,25H,1,5,12H2,2-3H3/t18-/m0/s1. The maximum atomic E-state index is 13.1. The molecular formula is C23H22N2O2S2. The van der Waals surface area contributed by atoms with Crippen LogP contribution in [0.4, 0.5) is 0 Å². The number of esters is 1. The second kappa shape index (κ2) is 9.64. The Kier molecular flexibility index (Phi) is 6.97. The highest BCUT2D eigenvalue weighted by Gasteiger charge is 2.38. The number of thiophene rings is 1. The topological polar surface area (TPSA) is 62.1 Å². The first-order chi connectivity index (χ1) is 14.1. The van der Waals surface area contributed by atoms with Gasteiger partial charge in [0.25, 0.3) is 0 Å². The van der Waals surface area contributed by atoms with Crippen molar-refractivity contribution in [2.45, 2.75) is 19.8 Å². The number of carbonyl (C=O) groups is 1. The van der Waals surface area contributed by atoms with Crippen molar-refractivity contribution in [3.63, 3.8) is 0 Å². The van der Waals surface area contributed by atoms with Crippen LogP contribution in [0.15, 0.2) is 70.6 Å². The van der Waals surface area contributed by atoms with Gasteiger partial charge in [0, 0.05) is 10.6 Å². The Morgan fingerprint density at radius 1 is 1.38 bits per heavy atom. The van der Waals surface area contributed by atoms with Gasteiger partial charge in [-0.15, -0.1) is 29.7 Å². The number of hydrogen-bond donors (Lipinski definition) is 1. The minimum Gasteiger partial charge on any atom is -0.463 e. The molecule has 1 aromatic carbocycles. The van der Waals surface area contributed by atoms with E-state index in [1.807, 2.05) is 48.7 Å². The second-order valence-corrected chi connectivity index (χ2v) is 8.33. The van der Waals surface area contributed by atoms with E-state index in [2.05, 4.69) is 18.0 Å². The van der Waals surface area contributed by atoms with Crippen LogP contribution >= 0.6 is 23.1 Å². The van der Waals surface area contributed by atoms with Crippen molar-refractivity contribution in [2.24, 2.45) is 0 Å². The summed E-state index contributed by atoms with van der Waals surface area (Å²) in [5, 5.41) is 16.1. The van der Waals surface area contributed by atoms with E-state index in [1.54, 1.807) is 24.3 Å². The summed E-state index contributed by atoms with van der Waals surface area (Å²) >= 11 is 3.06. The molecule has 148 valence electrons. The minimum atomic E-state index is -0.470. The zero-order chi connectivity index (χ0) is 20.8. The van der Waals surface area contributed by atoms with Crippen molar-refractivity contribution in [2.75, 3.05) is 12.4 Å². The van der Waals surface area contributed by atoms with E-state index in [0.29, 0.717) is 22.6 Å². The number of benzene rings is 1. The van der Waals surface area contributed by atoms with Gasteiger partial charge in [-0.1, -0.05) is 36.4 Å². The number of aryl methyl sites for hydroxylation is 1. The molecule has 1 aromatic heterocycles. The van der Waals surface area contributed by atoms with Gasteiger partial charge in [0.15, 0.2) is 0 Å². The highest BCUT2D eigenvalue weighted by Crippen LogP contribution is 2.45. The number of nitriles is 1. The van der Waals surface area contributed by atoms with Crippen LogP contribution < -0.4 is 5.32 Å². The lowest BCUT2D eigenvalue weighted by molar-refractivity contribution is -0.138. The SMILES string of the molecule is C=CCSC1=C(C#N)[C@H](c2sccc2C)C(C(=O)OCC)=C(c2ccccc2)N1. The van der Waals surface area contributed by atoms with Crippen LogP contribution in [-0.4, -0.2) is 18.3 Å². The van der Waals surface area contributed by atoms with Crippen molar-refractivity contribution < 1.29 is 9.53 Å². The number of rotatable bonds is 7. The molecule has 0 aliphatic carbocycles. The van der Waals surface area contributed by atoms with E-state index in [-0.39, 0.29) is 6.61 Å².